The molecule has 2 aromatic carbocycles. The molecule has 0 aromatic heterocycles. The van der Waals surface area contributed by atoms with Crippen molar-refractivity contribution in [1.29, 1.82) is 0 Å². The van der Waals surface area contributed by atoms with E-state index in [0.717, 1.165) is 9.87 Å². The number of amides is 1. The molecule has 1 amide bonds. The van der Waals surface area contributed by atoms with E-state index in [9.17, 15) is 26.7 Å². The number of sulfonamides is 2. The van der Waals surface area contributed by atoms with Crippen LogP contribution in [0.5, 0.6) is 11.5 Å². The Kier molecular flexibility index (Phi) is 10.6. The van der Waals surface area contributed by atoms with Crippen LogP contribution in [0.25, 0.3) is 0 Å². The van der Waals surface area contributed by atoms with Gasteiger partial charge in [-0.05, 0) is 30.0 Å². The molecule has 1 aliphatic rings. The average molecular weight is 598 g/mol. The van der Waals surface area contributed by atoms with Crippen LogP contribution in [0.3, 0.4) is 0 Å². The number of hydrogen-bond donors (Lipinski definition) is 2. The lowest BCUT2D eigenvalue weighted by Crippen LogP contribution is -2.52. The molecule has 1 heterocycles. The minimum absolute atomic E-state index is 0.00237. The van der Waals surface area contributed by atoms with Crippen molar-refractivity contribution in [3.05, 3.63) is 54.1 Å². The number of benzene rings is 2. The summed E-state index contributed by atoms with van der Waals surface area (Å²) >= 11 is 0. The number of nitrogens with one attached hydrogen (secondary N) is 1. The van der Waals surface area contributed by atoms with Crippen molar-refractivity contribution in [2.24, 2.45) is 11.8 Å². The first-order chi connectivity index (χ1) is 18.7. The molecule has 0 unspecified atom stereocenters. The van der Waals surface area contributed by atoms with Gasteiger partial charge in [-0.2, -0.15) is 4.31 Å². The van der Waals surface area contributed by atoms with Crippen LogP contribution >= 0.6 is 0 Å². The number of rotatable bonds is 14. The third-order valence-corrected chi connectivity index (χ3v) is 10.4. The van der Waals surface area contributed by atoms with E-state index in [0.29, 0.717) is 11.5 Å². The summed E-state index contributed by atoms with van der Waals surface area (Å²) < 4.78 is 64.9. The van der Waals surface area contributed by atoms with Crippen LogP contribution in [0.4, 0.5) is 0 Å². The second kappa shape index (κ2) is 13.3. The van der Waals surface area contributed by atoms with Crippen LogP contribution in [0.15, 0.2) is 53.4 Å². The molecular formula is C27H39N3O8S2. The van der Waals surface area contributed by atoms with Crippen molar-refractivity contribution in [2.75, 3.05) is 39.7 Å². The van der Waals surface area contributed by atoms with Gasteiger partial charge in [0.25, 0.3) is 0 Å². The Hall–Kier alpha value is -2.71. The zero-order chi connectivity index (χ0) is 29.7. The van der Waals surface area contributed by atoms with Gasteiger partial charge in [-0.25, -0.2) is 21.1 Å². The van der Waals surface area contributed by atoms with Gasteiger partial charge in [-0.1, -0.05) is 51.1 Å². The maximum Gasteiger partial charge on any atom is 0.243 e. The highest BCUT2D eigenvalue weighted by molar-refractivity contribution is 7.89. The first-order valence-electron chi connectivity index (χ1n) is 13.0. The minimum atomic E-state index is -4.06. The van der Waals surface area contributed by atoms with Crippen LogP contribution in [0.2, 0.25) is 0 Å². The summed E-state index contributed by atoms with van der Waals surface area (Å²) in [7, 11) is -4.91. The number of carbonyl (C=O) groups excluding carboxylic acids is 1. The Balaban J connectivity index is 1.86. The van der Waals surface area contributed by atoms with Gasteiger partial charge in [0.2, 0.25) is 32.7 Å². The summed E-state index contributed by atoms with van der Waals surface area (Å²) in [6, 6.07) is 12.6. The van der Waals surface area contributed by atoms with E-state index < -0.39 is 49.8 Å². The van der Waals surface area contributed by atoms with Crippen molar-refractivity contribution in [3.8, 4) is 11.5 Å². The molecule has 2 N–H and O–H groups in total. The molecule has 0 bridgehead atoms. The molecule has 0 saturated heterocycles. The first kappa shape index (κ1) is 31.8. The van der Waals surface area contributed by atoms with Gasteiger partial charge in [-0.3, -0.25) is 4.79 Å². The Labute approximate surface area is 237 Å². The predicted molar refractivity (Wildman–Crippen MR) is 151 cm³/mol. The van der Waals surface area contributed by atoms with E-state index in [1.807, 2.05) is 44.2 Å². The SMILES string of the molecule is CC(C)CN(C[C@@H](O)[C@H](Cc1ccccc1)NC(=O)[C@H](C)CS(=O)(=O)N(C)C)S(=O)(=O)c1ccc2c(c1)OCO2. The molecule has 11 nitrogen and oxygen atoms in total. The summed E-state index contributed by atoms with van der Waals surface area (Å²) in [5.41, 5.74) is 0.814. The number of aliphatic hydroxyl groups is 1. The highest BCUT2D eigenvalue weighted by Crippen LogP contribution is 2.35. The van der Waals surface area contributed by atoms with Gasteiger partial charge in [0.1, 0.15) is 0 Å². The lowest BCUT2D eigenvalue weighted by Gasteiger charge is -2.31. The molecule has 222 valence electrons. The quantitative estimate of drug-likeness (QED) is 0.335. The van der Waals surface area contributed by atoms with Gasteiger partial charge in [-0.15, -0.1) is 0 Å². The fourth-order valence-corrected chi connectivity index (χ4v) is 6.94. The molecule has 1 aliphatic heterocycles. The number of fused-ring (bicyclic) bond motifs is 1. The lowest BCUT2D eigenvalue weighted by atomic mass is 10.00. The van der Waals surface area contributed by atoms with Crippen LogP contribution in [-0.2, 0) is 31.3 Å². The maximum absolute atomic E-state index is 13.7. The molecule has 2 aromatic rings. The van der Waals surface area contributed by atoms with Gasteiger partial charge < -0.3 is 19.9 Å². The van der Waals surface area contributed by atoms with E-state index in [2.05, 4.69) is 5.32 Å². The fraction of sp³-hybridized carbons (Fsp3) is 0.519. The van der Waals surface area contributed by atoms with E-state index in [4.69, 9.17) is 9.47 Å². The minimum Gasteiger partial charge on any atom is -0.454 e. The Morgan fingerprint density at radius 1 is 0.975 bits per heavy atom. The predicted octanol–water partition coefficient (Wildman–Crippen LogP) is 1.68. The van der Waals surface area contributed by atoms with E-state index in [1.165, 1.54) is 43.5 Å². The molecule has 3 rings (SSSR count). The molecular weight excluding hydrogens is 558 g/mol. The first-order valence-corrected chi connectivity index (χ1v) is 16.1. The summed E-state index contributed by atoms with van der Waals surface area (Å²) in [5, 5.41) is 14.2. The fourth-order valence-electron chi connectivity index (χ4n) is 4.22. The monoisotopic (exact) mass is 597 g/mol. The molecule has 0 radical (unpaired) electrons. The standard InChI is InChI=1S/C27H39N3O8S2/c1-19(2)15-30(40(35,36)22-11-12-25-26(14-22)38-18-37-25)16-24(31)23(13-21-9-7-6-8-10-21)28-27(32)20(3)17-39(33,34)29(4)5/h6-12,14,19-20,23-24,31H,13,15-18H2,1-5H3,(H,28,32)/t20-,23+,24-/m1/s1. The van der Waals surface area contributed by atoms with E-state index in [-0.39, 0.29) is 37.1 Å². The highest BCUT2D eigenvalue weighted by atomic mass is 32.2. The van der Waals surface area contributed by atoms with Crippen LogP contribution in [0.1, 0.15) is 26.3 Å². The van der Waals surface area contributed by atoms with Crippen molar-refractivity contribution < 1.29 is 36.2 Å². The number of carbonyl (C=O) groups is 1. The van der Waals surface area contributed by atoms with Crippen molar-refractivity contribution in [3.63, 3.8) is 0 Å². The normalized spacial score (nSPS) is 15.8. The zero-order valence-corrected chi connectivity index (χ0v) is 25.1. The summed E-state index contributed by atoms with van der Waals surface area (Å²) in [6.45, 7) is 5.06. The Morgan fingerprint density at radius 2 is 1.62 bits per heavy atom. The van der Waals surface area contributed by atoms with Gasteiger partial charge in [0, 0.05) is 33.3 Å². The van der Waals surface area contributed by atoms with Gasteiger partial charge >= 0.3 is 0 Å². The molecule has 3 atom stereocenters. The second-order valence-corrected chi connectivity index (χ2v) is 14.7. The summed E-state index contributed by atoms with van der Waals surface area (Å²) in [6.07, 6.45) is -1.09. The molecule has 0 saturated carbocycles. The topological polar surface area (TPSA) is 143 Å². The second-order valence-electron chi connectivity index (χ2n) is 10.6. The number of ether oxygens (including phenoxy) is 2. The van der Waals surface area contributed by atoms with Crippen LogP contribution in [0, 0.1) is 11.8 Å². The third-order valence-electron chi connectivity index (χ3n) is 6.50. The summed E-state index contributed by atoms with van der Waals surface area (Å²) in [4.78, 5) is 13.1. The molecule has 0 spiro atoms. The third kappa shape index (κ3) is 8.16. The summed E-state index contributed by atoms with van der Waals surface area (Å²) in [5.74, 6) is -1.15. The lowest BCUT2D eigenvalue weighted by molar-refractivity contribution is -0.125. The smallest absolute Gasteiger partial charge is 0.243 e. The van der Waals surface area contributed by atoms with Crippen molar-refractivity contribution in [1.82, 2.24) is 13.9 Å². The van der Waals surface area contributed by atoms with Crippen LogP contribution < -0.4 is 14.8 Å². The largest absolute Gasteiger partial charge is 0.454 e. The van der Waals surface area contributed by atoms with Crippen molar-refractivity contribution in [2.45, 2.75) is 44.2 Å². The van der Waals surface area contributed by atoms with Gasteiger partial charge in [0.15, 0.2) is 11.5 Å². The molecule has 0 aliphatic carbocycles. The number of nitrogens with zero attached hydrogens (tertiary/aromatic N) is 2. The maximum atomic E-state index is 13.7. The van der Waals surface area contributed by atoms with E-state index >= 15 is 0 Å². The number of aliphatic hydroxyl groups excluding tert-OH is 1. The molecule has 0 fully saturated rings. The molecule has 40 heavy (non-hydrogen) atoms. The Bertz CT molecular complexity index is 1370. The zero-order valence-electron chi connectivity index (χ0n) is 23.5. The average Bonchev–Trinajstić information content (AvgIpc) is 3.36. The van der Waals surface area contributed by atoms with Crippen LogP contribution in [-0.4, -0.2) is 88.3 Å². The number of hydrogen-bond acceptors (Lipinski definition) is 8. The van der Waals surface area contributed by atoms with E-state index in [1.54, 1.807) is 0 Å². The van der Waals surface area contributed by atoms with Crippen molar-refractivity contribution >= 4 is 26.0 Å². The molecule has 13 heteroatoms. The highest BCUT2D eigenvalue weighted by Gasteiger charge is 2.33. The Morgan fingerprint density at radius 3 is 2.25 bits per heavy atom. The van der Waals surface area contributed by atoms with Gasteiger partial charge in [0.05, 0.1) is 28.7 Å².